The number of aliphatic hydroxyl groups is 1. The molecule has 2 fully saturated rings. The van der Waals surface area contributed by atoms with Crippen LogP contribution in [0.1, 0.15) is 46.5 Å². The first kappa shape index (κ1) is 15.8. The van der Waals surface area contributed by atoms with Crippen LogP contribution in [0.3, 0.4) is 0 Å². The first-order valence-corrected chi connectivity index (χ1v) is 8.17. The molecule has 0 spiro atoms. The van der Waals surface area contributed by atoms with E-state index in [2.05, 4.69) is 31.0 Å². The van der Waals surface area contributed by atoms with Gasteiger partial charge < -0.3 is 10.4 Å². The fraction of sp³-hybridized carbons (Fsp3) is 0.938. The van der Waals surface area contributed by atoms with Crippen molar-refractivity contribution in [1.29, 1.82) is 0 Å². The van der Waals surface area contributed by atoms with Gasteiger partial charge in [-0.25, -0.2) is 0 Å². The number of aliphatic hydroxyl groups excluding tert-OH is 1. The first-order valence-electron chi connectivity index (χ1n) is 8.17. The Morgan fingerprint density at radius 3 is 2.65 bits per heavy atom. The quantitative estimate of drug-likeness (QED) is 0.827. The van der Waals surface area contributed by atoms with Gasteiger partial charge in [-0.1, -0.05) is 33.6 Å². The van der Waals surface area contributed by atoms with E-state index >= 15 is 0 Å². The van der Waals surface area contributed by atoms with Crippen LogP contribution in [0.4, 0.5) is 0 Å². The molecule has 0 aromatic rings. The van der Waals surface area contributed by atoms with Crippen LogP contribution >= 0.6 is 0 Å². The Balaban J connectivity index is 1.77. The second-order valence-corrected chi connectivity index (χ2v) is 7.01. The maximum absolute atomic E-state index is 12.2. The van der Waals surface area contributed by atoms with E-state index in [1.54, 1.807) is 0 Å². The number of carbonyl (C=O) groups is 1. The molecule has 4 heteroatoms. The number of hydrogen-bond acceptors (Lipinski definition) is 3. The molecule has 2 N–H and O–H groups in total. The van der Waals surface area contributed by atoms with E-state index in [4.69, 9.17) is 0 Å². The molecular weight excluding hydrogens is 252 g/mol. The molecule has 1 aliphatic heterocycles. The van der Waals surface area contributed by atoms with Gasteiger partial charge in [0.15, 0.2) is 0 Å². The van der Waals surface area contributed by atoms with Crippen molar-refractivity contribution in [1.82, 2.24) is 10.2 Å². The van der Waals surface area contributed by atoms with Gasteiger partial charge in [0, 0.05) is 12.6 Å². The second kappa shape index (κ2) is 6.90. The highest BCUT2D eigenvalue weighted by Gasteiger charge is 2.29. The standard InChI is InChI=1S/C16H30N2O2/c1-11-5-4-6-14(13(11)3)17-16(20)10-18-8-7-12(2)15(19)9-18/h11-15,19H,4-10H2,1-3H3,(H,17,20). The Morgan fingerprint density at radius 2 is 1.95 bits per heavy atom. The normalized spacial score (nSPS) is 39.5. The minimum absolute atomic E-state index is 0.123. The molecule has 1 saturated heterocycles. The fourth-order valence-corrected chi connectivity index (χ4v) is 3.50. The molecule has 2 aliphatic rings. The Kier molecular flexibility index (Phi) is 5.44. The molecule has 0 aromatic carbocycles. The lowest BCUT2D eigenvalue weighted by molar-refractivity contribution is -0.124. The molecule has 4 nitrogen and oxygen atoms in total. The summed E-state index contributed by atoms with van der Waals surface area (Å²) >= 11 is 0. The Labute approximate surface area is 122 Å². The van der Waals surface area contributed by atoms with Gasteiger partial charge in [0.25, 0.3) is 0 Å². The first-order chi connectivity index (χ1) is 9.47. The van der Waals surface area contributed by atoms with Gasteiger partial charge >= 0.3 is 0 Å². The monoisotopic (exact) mass is 282 g/mol. The lowest BCUT2D eigenvalue weighted by Crippen LogP contribution is -2.50. The summed E-state index contributed by atoms with van der Waals surface area (Å²) in [6, 6.07) is 0.333. The summed E-state index contributed by atoms with van der Waals surface area (Å²) in [5, 5.41) is 13.1. The number of piperidine rings is 1. The molecule has 0 aromatic heterocycles. The molecule has 1 heterocycles. The van der Waals surface area contributed by atoms with Crippen LogP contribution in [0.15, 0.2) is 0 Å². The van der Waals surface area contributed by atoms with Crippen LogP contribution in [0.2, 0.25) is 0 Å². The molecule has 1 amide bonds. The molecule has 20 heavy (non-hydrogen) atoms. The van der Waals surface area contributed by atoms with Crippen molar-refractivity contribution in [2.75, 3.05) is 19.6 Å². The molecular formula is C16H30N2O2. The van der Waals surface area contributed by atoms with Gasteiger partial charge in [0.1, 0.15) is 0 Å². The van der Waals surface area contributed by atoms with E-state index in [0.29, 0.717) is 36.9 Å². The highest BCUT2D eigenvalue weighted by Crippen LogP contribution is 2.29. The average molecular weight is 282 g/mol. The third-order valence-electron chi connectivity index (χ3n) is 5.42. The van der Waals surface area contributed by atoms with E-state index in [-0.39, 0.29) is 12.0 Å². The van der Waals surface area contributed by atoms with Gasteiger partial charge in [-0.15, -0.1) is 0 Å². The summed E-state index contributed by atoms with van der Waals surface area (Å²) in [6.07, 6.45) is 4.30. The number of nitrogens with zero attached hydrogens (tertiary/aromatic N) is 1. The van der Waals surface area contributed by atoms with E-state index < -0.39 is 0 Å². The molecule has 0 bridgehead atoms. The minimum atomic E-state index is -0.287. The predicted molar refractivity (Wildman–Crippen MR) is 80.3 cm³/mol. The van der Waals surface area contributed by atoms with Crippen molar-refractivity contribution in [3.8, 4) is 0 Å². The van der Waals surface area contributed by atoms with Crippen LogP contribution in [-0.4, -0.2) is 47.7 Å². The Morgan fingerprint density at radius 1 is 1.20 bits per heavy atom. The summed E-state index contributed by atoms with van der Waals surface area (Å²) in [5.41, 5.74) is 0. The number of amides is 1. The zero-order chi connectivity index (χ0) is 14.7. The molecule has 1 saturated carbocycles. The van der Waals surface area contributed by atoms with Crippen molar-refractivity contribution >= 4 is 5.91 Å². The molecule has 116 valence electrons. The van der Waals surface area contributed by atoms with Gasteiger partial charge in [-0.05, 0) is 37.1 Å². The third kappa shape index (κ3) is 3.95. The van der Waals surface area contributed by atoms with Crippen LogP contribution in [0.5, 0.6) is 0 Å². The highest BCUT2D eigenvalue weighted by atomic mass is 16.3. The summed E-state index contributed by atoms with van der Waals surface area (Å²) in [5.74, 6) is 1.75. The topological polar surface area (TPSA) is 52.6 Å². The van der Waals surface area contributed by atoms with Crippen LogP contribution in [0.25, 0.3) is 0 Å². The maximum Gasteiger partial charge on any atom is 0.234 e. The number of carbonyl (C=O) groups excluding carboxylic acids is 1. The SMILES string of the molecule is CC1CCN(CC(=O)NC2CCCC(C)C2C)CC1O. The largest absolute Gasteiger partial charge is 0.392 e. The lowest BCUT2D eigenvalue weighted by Gasteiger charge is -2.36. The summed E-state index contributed by atoms with van der Waals surface area (Å²) in [7, 11) is 0. The van der Waals surface area contributed by atoms with E-state index in [1.807, 2.05) is 0 Å². The predicted octanol–water partition coefficient (Wildman–Crippen LogP) is 1.63. The van der Waals surface area contributed by atoms with E-state index in [9.17, 15) is 9.90 Å². The smallest absolute Gasteiger partial charge is 0.234 e. The minimum Gasteiger partial charge on any atom is -0.392 e. The van der Waals surface area contributed by atoms with Crippen molar-refractivity contribution in [2.24, 2.45) is 17.8 Å². The summed E-state index contributed by atoms with van der Waals surface area (Å²) in [4.78, 5) is 14.3. The second-order valence-electron chi connectivity index (χ2n) is 7.01. The van der Waals surface area contributed by atoms with Gasteiger partial charge in [-0.3, -0.25) is 9.69 Å². The van der Waals surface area contributed by atoms with Gasteiger partial charge in [0.2, 0.25) is 5.91 Å². The number of hydrogen-bond donors (Lipinski definition) is 2. The maximum atomic E-state index is 12.2. The van der Waals surface area contributed by atoms with Gasteiger partial charge in [0.05, 0.1) is 12.6 Å². The van der Waals surface area contributed by atoms with Crippen LogP contribution in [-0.2, 0) is 4.79 Å². The molecule has 2 rings (SSSR count). The molecule has 5 atom stereocenters. The van der Waals surface area contributed by atoms with Gasteiger partial charge in [-0.2, -0.15) is 0 Å². The number of nitrogens with one attached hydrogen (secondary N) is 1. The Bertz CT molecular complexity index is 334. The average Bonchev–Trinajstić information content (AvgIpc) is 2.39. The Hall–Kier alpha value is -0.610. The number of β-amino-alcohol motifs (C(OH)–C–C–N with tert-alkyl or cyclic N) is 1. The molecule has 0 radical (unpaired) electrons. The lowest BCUT2D eigenvalue weighted by atomic mass is 9.78. The van der Waals surface area contributed by atoms with E-state index in [1.165, 1.54) is 12.8 Å². The number of rotatable bonds is 3. The van der Waals surface area contributed by atoms with E-state index in [0.717, 1.165) is 19.4 Å². The van der Waals surface area contributed by atoms with Crippen LogP contribution < -0.4 is 5.32 Å². The summed E-state index contributed by atoms with van der Waals surface area (Å²) in [6.45, 7) is 8.59. The zero-order valence-corrected chi connectivity index (χ0v) is 13.1. The van der Waals surface area contributed by atoms with Crippen molar-refractivity contribution < 1.29 is 9.90 Å². The van der Waals surface area contributed by atoms with Crippen molar-refractivity contribution in [2.45, 2.75) is 58.6 Å². The summed E-state index contributed by atoms with van der Waals surface area (Å²) < 4.78 is 0. The highest BCUT2D eigenvalue weighted by molar-refractivity contribution is 5.78. The molecule has 1 aliphatic carbocycles. The van der Waals surface area contributed by atoms with Crippen LogP contribution in [0, 0.1) is 17.8 Å². The fourth-order valence-electron chi connectivity index (χ4n) is 3.50. The third-order valence-corrected chi connectivity index (χ3v) is 5.42. The zero-order valence-electron chi connectivity index (χ0n) is 13.1. The van der Waals surface area contributed by atoms with Crippen molar-refractivity contribution in [3.05, 3.63) is 0 Å². The molecule has 5 unspecified atom stereocenters. The number of likely N-dealkylation sites (tertiary alicyclic amines) is 1. The van der Waals surface area contributed by atoms with Crippen molar-refractivity contribution in [3.63, 3.8) is 0 Å².